The molecule has 9 heavy (non-hydrogen) atoms. The molecule has 0 saturated heterocycles. The molecule has 0 aromatic rings. The van der Waals surface area contributed by atoms with Crippen molar-refractivity contribution in [3.05, 3.63) is 12.2 Å². The third-order valence-corrected chi connectivity index (χ3v) is 1.11. The van der Waals surface area contributed by atoms with Crippen LogP contribution < -0.4 is 5.73 Å². The fraction of sp³-hybridized carbons (Fsp3) is 0.714. The third-order valence-electron chi connectivity index (χ3n) is 1.11. The van der Waals surface area contributed by atoms with E-state index in [9.17, 15) is 0 Å². The molecular formula is C7H15NO. The molecule has 0 aromatic carbocycles. The van der Waals surface area contributed by atoms with Crippen LogP contribution in [0.1, 0.15) is 19.8 Å². The molecule has 0 bridgehead atoms. The molecule has 0 fully saturated rings. The molecule has 0 aliphatic heterocycles. The van der Waals surface area contributed by atoms with Crippen molar-refractivity contribution in [2.45, 2.75) is 25.8 Å². The highest BCUT2D eigenvalue weighted by Crippen LogP contribution is 2.01. The number of aliphatic hydroxyl groups excluding tert-OH is 1. The predicted molar refractivity (Wildman–Crippen MR) is 39.1 cm³/mol. The van der Waals surface area contributed by atoms with Crippen LogP contribution in [0.15, 0.2) is 12.2 Å². The largest absolute Gasteiger partial charge is 0.396 e. The summed E-state index contributed by atoms with van der Waals surface area (Å²) in [6.07, 6.45) is 1.49. The number of hydrogen-bond acceptors (Lipinski definition) is 2. The SMILES string of the molecule is C=C(C)C[C@@H](N)CCO. The third kappa shape index (κ3) is 5.53. The van der Waals surface area contributed by atoms with Gasteiger partial charge in [-0.2, -0.15) is 0 Å². The van der Waals surface area contributed by atoms with Gasteiger partial charge in [0.1, 0.15) is 0 Å². The van der Waals surface area contributed by atoms with Crippen molar-refractivity contribution in [1.29, 1.82) is 0 Å². The van der Waals surface area contributed by atoms with Crippen molar-refractivity contribution < 1.29 is 5.11 Å². The Kier molecular flexibility index (Phi) is 4.36. The first-order chi connectivity index (χ1) is 4.16. The second kappa shape index (κ2) is 4.53. The van der Waals surface area contributed by atoms with E-state index in [1.54, 1.807) is 0 Å². The minimum absolute atomic E-state index is 0.0903. The standard InChI is InChI=1S/C7H15NO/c1-6(2)5-7(8)3-4-9/h7,9H,1,3-5,8H2,2H3/t7-/m0/s1. The van der Waals surface area contributed by atoms with Crippen molar-refractivity contribution in [3.63, 3.8) is 0 Å². The second-order valence-corrected chi connectivity index (χ2v) is 2.43. The number of aliphatic hydroxyl groups is 1. The van der Waals surface area contributed by atoms with Gasteiger partial charge in [0.05, 0.1) is 0 Å². The van der Waals surface area contributed by atoms with Crippen LogP contribution in [0.25, 0.3) is 0 Å². The zero-order valence-electron chi connectivity index (χ0n) is 5.93. The van der Waals surface area contributed by atoms with Gasteiger partial charge in [0.15, 0.2) is 0 Å². The van der Waals surface area contributed by atoms with E-state index in [1.807, 2.05) is 6.92 Å². The first-order valence-electron chi connectivity index (χ1n) is 3.17. The maximum atomic E-state index is 8.44. The minimum Gasteiger partial charge on any atom is -0.396 e. The molecule has 54 valence electrons. The van der Waals surface area contributed by atoms with Crippen LogP contribution in [0.2, 0.25) is 0 Å². The highest BCUT2D eigenvalue weighted by atomic mass is 16.3. The van der Waals surface area contributed by atoms with E-state index in [0.29, 0.717) is 6.42 Å². The number of rotatable bonds is 4. The van der Waals surface area contributed by atoms with Crippen molar-refractivity contribution in [1.82, 2.24) is 0 Å². The average molecular weight is 129 g/mol. The zero-order chi connectivity index (χ0) is 7.28. The monoisotopic (exact) mass is 129 g/mol. The van der Waals surface area contributed by atoms with Crippen LogP contribution in [0.3, 0.4) is 0 Å². The molecule has 0 aliphatic rings. The first kappa shape index (κ1) is 8.66. The lowest BCUT2D eigenvalue weighted by molar-refractivity contribution is 0.275. The summed E-state index contributed by atoms with van der Waals surface area (Å²) in [6.45, 7) is 5.83. The normalized spacial score (nSPS) is 13.2. The van der Waals surface area contributed by atoms with E-state index in [-0.39, 0.29) is 12.6 Å². The molecule has 0 unspecified atom stereocenters. The van der Waals surface area contributed by atoms with Crippen LogP contribution >= 0.6 is 0 Å². The van der Waals surface area contributed by atoms with Crippen LogP contribution in [0.5, 0.6) is 0 Å². The predicted octanol–water partition coefficient (Wildman–Crippen LogP) is 0.662. The molecule has 0 radical (unpaired) electrons. The lowest BCUT2D eigenvalue weighted by Gasteiger charge is -2.07. The molecule has 0 aromatic heterocycles. The lowest BCUT2D eigenvalue weighted by atomic mass is 10.1. The minimum atomic E-state index is 0.0903. The van der Waals surface area contributed by atoms with Crippen molar-refractivity contribution >= 4 is 0 Å². The highest BCUT2D eigenvalue weighted by Gasteiger charge is 1.99. The van der Waals surface area contributed by atoms with Gasteiger partial charge in [-0.3, -0.25) is 0 Å². The van der Waals surface area contributed by atoms with Crippen LogP contribution in [0.4, 0.5) is 0 Å². The molecule has 0 aliphatic carbocycles. The topological polar surface area (TPSA) is 46.2 Å². The lowest BCUT2D eigenvalue weighted by Crippen LogP contribution is -2.21. The van der Waals surface area contributed by atoms with Crippen LogP contribution in [0, 0.1) is 0 Å². The summed E-state index contributed by atoms with van der Waals surface area (Å²) in [7, 11) is 0. The Labute approximate surface area is 56.4 Å². The van der Waals surface area contributed by atoms with E-state index in [1.165, 1.54) is 0 Å². The van der Waals surface area contributed by atoms with Gasteiger partial charge >= 0.3 is 0 Å². The molecule has 0 heterocycles. The van der Waals surface area contributed by atoms with Crippen LogP contribution in [-0.4, -0.2) is 17.8 Å². The van der Waals surface area contributed by atoms with E-state index >= 15 is 0 Å². The fourth-order valence-electron chi connectivity index (χ4n) is 0.715. The molecule has 0 spiro atoms. The van der Waals surface area contributed by atoms with Gasteiger partial charge in [0.25, 0.3) is 0 Å². The van der Waals surface area contributed by atoms with Gasteiger partial charge in [-0.25, -0.2) is 0 Å². The summed E-state index contributed by atoms with van der Waals surface area (Å²) in [6, 6.07) is 0.0903. The van der Waals surface area contributed by atoms with Crippen LogP contribution in [-0.2, 0) is 0 Å². The Morgan fingerprint density at radius 1 is 1.78 bits per heavy atom. The second-order valence-electron chi connectivity index (χ2n) is 2.43. The maximum Gasteiger partial charge on any atom is 0.0445 e. The molecule has 2 heteroatoms. The quantitative estimate of drug-likeness (QED) is 0.548. The van der Waals surface area contributed by atoms with Gasteiger partial charge in [0, 0.05) is 12.6 Å². The number of hydrogen-bond donors (Lipinski definition) is 2. The van der Waals surface area contributed by atoms with Crippen molar-refractivity contribution in [2.75, 3.05) is 6.61 Å². The molecular weight excluding hydrogens is 114 g/mol. The van der Waals surface area contributed by atoms with Gasteiger partial charge < -0.3 is 10.8 Å². The summed E-state index contributed by atoms with van der Waals surface area (Å²) in [5.74, 6) is 0. The van der Waals surface area contributed by atoms with Gasteiger partial charge in [-0.1, -0.05) is 5.57 Å². The summed E-state index contributed by atoms with van der Waals surface area (Å²) >= 11 is 0. The van der Waals surface area contributed by atoms with E-state index < -0.39 is 0 Å². The maximum absolute atomic E-state index is 8.44. The van der Waals surface area contributed by atoms with Gasteiger partial charge in [0.2, 0.25) is 0 Å². The highest BCUT2D eigenvalue weighted by molar-refractivity contribution is 4.91. The fourth-order valence-corrected chi connectivity index (χ4v) is 0.715. The summed E-state index contributed by atoms with van der Waals surface area (Å²) in [5.41, 5.74) is 6.64. The Morgan fingerprint density at radius 2 is 2.33 bits per heavy atom. The van der Waals surface area contributed by atoms with Crippen molar-refractivity contribution in [2.24, 2.45) is 5.73 Å². The first-order valence-corrected chi connectivity index (χ1v) is 3.17. The van der Waals surface area contributed by atoms with Crippen molar-refractivity contribution in [3.8, 4) is 0 Å². The van der Waals surface area contributed by atoms with Gasteiger partial charge in [-0.15, -0.1) is 6.58 Å². The number of nitrogens with two attached hydrogens (primary N) is 1. The summed E-state index contributed by atoms with van der Waals surface area (Å²) in [4.78, 5) is 0. The molecule has 2 nitrogen and oxygen atoms in total. The molecule has 0 rings (SSSR count). The Bertz CT molecular complexity index is 90.9. The molecule has 1 atom stereocenters. The van der Waals surface area contributed by atoms with Gasteiger partial charge in [-0.05, 0) is 19.8 Å². The Morgan fingerprint density at radius 3 is 2.67 bits per heavy atom. The Hall–Kier alpha value is -0.340. The smallest absolute Gasteiger partial charge is 0.0445 e. The zero-order valence-corrected chi connectivity index (χ0v) is 5.93. The average Bonchev–Trinajstić information content (AvgIpc) is 1.63. The summed E-state index contributed by atoms with van der Waals surface area (Å²) < 4.78 is 0. The van der Waals surface area contributed by atoms with E-state index in [0.717, 1.165) is 12.0 Å². The Balaban J connectivity index is 3.26. The summed E-state index contributed by atoms with van der Waals surface area (Å²) in [5, 5.41) is 8.44. The van der Waals surface area contributed by atoms with E-state index in [2.05, 4.69) is 6.58 Å². The molecule has 0 saturated carbocycles. The molecule has 3 N–H and O–H groups in total. The van der Waals surface area contributed by atoms with E-state index in [4.69, 9.17) is 10.8 Å². The molecule has 0 amide bonds.